The Bertz CT molecular complexity index is 566. The van der Waals surface area contributed by atoms with Crippen molar-refractivity contribution in [3.05, 3.63) is 52.7 Å². The molecule has 1 aromatic carbocycles. The SMILES string of the molecule is O=c1[nH]ncn1C1CCN(Cc2ccccc2)CC1. The Hall–Kier alpha value is -1.88. The van der Waals surface area contributed by atoms with Crippen molar-refractivity contribution in [2.75, 3.05) is 13.1 Å². The van der Waals surface area contributed by atoms with Crippen LogP contribution in [0.3, 0.4) is 0 Å². The number of H-pyrrole nitrogens is 1. The minimum absolute atomic E-state index is 0.0958. The van der Waals surface area contributed by atoms with Crippen LogP contribution in [-0.4, -0.2) is 32.8 Å². The molecule has 1 aliphatic rings. The molecule has 1 aromatic heterocycles. The van der Waals surface area contributed by atoms with Gasteiger partial charge in [-0.3, -0.25) is 9.47 Å². The Morgan fingerprint density at radius 1 is 1.21 bits per heavy atom. The predicted octanol–water partition coefficient (Wildman–Crippen LogP) is 1.41. The van der Waals surface area contributed by atoms with Crippen molar-refractivity contribution >= 4 is 0 Å². The number of piperidine rings is 1. The fraction of sp³-hybridized carbons (Fsp3) is 0.429. The lowest BCUT2D eigenvalue weighted by Gasteiger charge is -2.31. The molecule has 0 saturated carbocycles. The quantitative estimate of drug-likeness (QED) is 0.905. The lowest BCUT2D eigenvalue weighted by molar-refractivity contribution is 0.178. The summed E-state index contributed by atoms with van der Waals surface area (Å²) in [5.74, 6) is 0. The van der Waals surface area contributed by atoms with Crippen LogP contribution in [0.1, 0.15) is 24.4 Å². The van der Waals surface area contributed by atoms with Crippen molar-refractivity contribution < 1.29 is 0 Å². The summed E-state index contributed by atoms with van der Waals surface area (Å²) in [5, 5.41) is 6.26. The molecule has 1 aliphatic heterocycles. The first-order chi connectivity index (χ1) is 9.33. The number of nitrogens with zero attached hydrogens (tertiary/aromatic N) is 3. The first-order valence-corrected chi connectivity index (χ1v) is 6.71. The first kappa shape index (κ1) is 12.2. The highest BCUT2D eigenvalue weighted by molar-refractivity contribution is 5.14. The number of benzene rings is 1. The second-order valence-electron chi connectivity index (χ2n) is 5.06. The normalized spacial score (nSPS) is 17.7. The fourth-order valence-corrected chi connectivity index (χ4v) is 2.71. The molecule has 2 heterocycles. The highest BCUT2D eigenvalue weighted by Gasteiger charge is 2.21. The second kappa shape index (κ2) is 5.40. The average Bonchev–Trinajstić information content (AvgIpc) is 2.87. The third-order valence-corrected chi connectivity index (χ3v) is 3.78. The minimum atomic E-state index is -0.0958. The Morgan fingerprint density at radius 3 is 2.58 bits per heavy atom. The summed E-state index contributed by atoms with van der Waals surface area (Å²) in [6.07, 6.45) is 3.62. The molecule has 3 rings (SSSR count). The van der Waals surface area contributed by atoms with Crippen molar-refractivity contribution in [2.24, 2.45) is 0 Å². The first-order valence-electron chi connectivity index (χ1n) is 6.71. The number of likely N-dealkylation sites (tertiary alicyclic amines) is 1. The van der Waals surface area contributed by atoms with E-state index in [-0.39, 0.29) is 5.69 Å². The van der Waals surface area contributed by atoms with Gasteiger partial charge in [0.2, 0.25) is 0 Å². The highest BCUT2D eigenvalue weighted by Crippen LogP contribution is 2.21. The largest absolute Gasteiger partial charge is 0.343 e. The molecule has 100 valence electrons. The minimum Gasteiger partial charge on any atom is -0.299 e. The lowest BCUT2D eigenvalue weighted by Crippen LogP contribution is -2.36. The highest BCUT2D eigenvalue weighted by atomic mass is 16.1. The van der Waals surface area contributed by atoms with E-state index in [0.717, 1.165) is 32.5 Å². The number of aromatic amines is 1. The van der Waals surface area contributed by atoms with Gasteiger partial charge in [0.15, 0.2) is 0 Å². The van der Waals surface area contributed by atoms with Crippen molar-refractivity contribution in [1.29, 1.82) is 0 Å². The summed E-state index contributed by atoms with van der Waals surface area (Å²) >= 11 is 0. The molecule has 0 radical (unpaired) electrons. The molecule has 19 heavy (non-hydrogen) atoms. The predicted molar refractivity (Wildman–Crippen MR) is 72.8 cm³/mol. The second-order valence-corrected chi connectivity index (χ2v) is 5.06. The summed E-state index contributed by atoms with van der Waals surface area (Å²) in [7, 11) is 0. The van der Waals surface area contributed by atoms with Crippen molar-refractivity contribution in [1.82, 2.24) is 19.7 Å². The van der Waals surface area contributed by atoms with E-state index in [1.54, 1.807) is 10.9 Å². The van der Waals surface area contributed by atoms with E-state index in [2.05, 4.69) is 39.4 Å². The van der Waals surface area contributed by atoms with E-state index >= 15 is 0 Å². The Morgan fingerprint density at radius 2 is 1.95 bits per heavy atom. The van der Waals surface area contributed by atoms with E-state index in [0.29, 0.717) is 6.04 Å². The summed E-state index contributed by atoms with van der Waals surface area (Å²) in [6, 6.07) is 10.8. The molecule has 0 atom stereocenters. The number of aromatic nitrogens is 3. The zero-order chi connectivity index (χ0) is 13.1. The van der Waals surface area contributed by atoms with Gasteiger partial charge in [0.25, 0.3) is 0 Å². The Kier molecular flexibility index (Phi) is 3.46. The smallest absolute Gasteiger partial charge is 0.299 e. The van der Waals surface area contributed by atoms with Gasteiger partial charge in [-0.25, -0.2) is 9.89 Å². The molecule has 0 amide bonds. The van der Waals surface area contributed by atoms with Crippen LogP contribution < -0.4 is 5.69 Å². The van der Waals surface area contributed by atoms with Gasteiger partial charge >= 0.3 is 5.69 Å². The van der Waals surface area contributed by atoms with Crippen LogP contribution in [0.4, 0.5) is 0 Å². The Labute approximate surface area is 111 Å². The third kappa shape index (κ3) is 2.76. The van der Waals surface area contributed by atoms with Crippen molar-refractivity contribution in [3.63, 3.8) is 0 Å². The summed E-state index contributed by atoms with van der Waals surface area (Å²) in [4.78, 5) is 14.0. The van der Waals surface area contributed by atoms with Crippen LogP contribution in [0.5, 0.6) is 0 Å². The maximum absolute atomic E-state index is 11.5. The van der Waals surface area contributed by atoms with Gasteiger partial charge in [0.1, 0.15) is 6.33 Å². The van der Waals surface area contributed by atoms with E-state index in [4.69, 9.17) is 0 Å². The maximum atomic E-state index is 11.5. The monoisotopic (exact) mass is 258 g/mol. The number of hydrogen-bond donors (Lipinski definition) is 1. The van der Waals surface area contributed by atoms with Gasteiger partial charge < -0.3 is 0 Å². The lowest BCUT2D eigenvalue weighted by atomic mass is 10.0. The van der Waals surface area contributed by atoms with Gasteiger partial charge in [-0.2, -0.15) is 5.10 Å². The van der Waals surface area contributed by atoms with Crippen LogP contribution in [0.2, 0.25) is 0 Å². The molecule has 1 fully saturated rings. The zero-order valence-corrected chi connectivity index (χ0v) is 10.8. The van der Waals surface area contributed by atoms with Crippen molar-refractivity contribution in [3.8, 4) is 0 Å². The zero-order valence-electron chi connectivity index (χ0n) is 10.8. The van der Waals surface area contributed by atoms with Crippen LogP contribution in [0.25, 0.3) is 0 Å². The number of rotatable bonds is 3. The molecule has 0 bridgehead atoms. The molecule has 0 spiro atoms. The summed E-state index contributed by atoms with van der Waals surface area (Å²) in [6.45, 7) is 3.04. The molecule has 2 aromatic rings. The maximum Gasteiger partial charge on any atom is 0.343 e. The van der Waals surface area contributed by atoms with Crippen LogP contribution in [0.15, 0.2) is 41.5 Å². The van der Waals surface area contributed by atoms with Gasteiger partial charge in [0, 0.05) is 25.7 Å². The van der Waals surface area contributed by atoms with Crippen molar-refractivity contribution in [2.45, 2.75) is 25.4 Å². The average molecular weight is 258 g/mol. The molecule has 5 nitrogen and oxygen atoms in total. The summed E-state index contributed by atoms with van der Waals surface area (Å²) in [5.41, 5.74) is 1.25. The molecule has 1 N–H and O–H groups in total. The molecular weight excluding hydrogens is 240 g/mol. The molecule has 5 heteroatoms. The molecule has 0 aliphatic carbocycles. The third-order valence-electron chi connectivity index (χ3n) is 3.78. The summed E-state index contributed by atoms with van der Waals surface area (Å²) < 4.78 is 1.72. The van der Waals surface area contributed by atoms with Crippen LogP contribution in [-0.2, 0) is 6.54 Å². The molecular formula is C14H18N4O. The topological polar surface area (TPSA) is 53.9 Å². The van der Waals surface area contributed by atoms with Crippen LogP contribution >= 0.6 is 0 Å². The van der Waals surface area contributed by atoms with E-state index in [1.807, 2.05) is 6.07 Å². The molecule has 1 saturated heterocycles. The molecule has 0 unspecified atom stereocenters. The number of nitrogens with one attached hydrogen (secondary N) is 1. The Balaban J connectivity index is 1.58. The van der Waals surface area contributed by atoms with Gasteiger partial charge in [-0.1, -0.05) is 30.3 Å². The van der Waals surface area contributed by atoms with E-state index in [9.17, 15) is 4.79 Å². The van der Waals surface area contributed by atoms with Gasteiger partial charge in [-0.05, 0) is 18.4 Å². The van der Waals surface area contributed by atoms with E-state index < -0.39 is 0 Å². The standard InChI is InChI=1S/C14H18N4O/c19-14-16-15-11-18(14)13-6-8-17(9-7-13)10-12-4-2-1-3-5-12/h1-5,11,13H,6-10H2,(H,16,19). The fourth-order valence-electron chi connectivity index (χ4n) is 2.71. The van der Waals surface area contributed by atoms with Crippen LogP contribution in [0, 0.1) is 0 Å². The van der Waals surface area contributed by atoms with Gasteiger partial charge in [-0.15, -0.1) is 0 Å². The number of hydrogen-bond acceptors (Lipinski definition) is 3. The van der Waals surface area contributed by atoms with Gasteiger partial charge in [0.05, 0.1) is 0 Å². The van der Waals surface area contributed by atoms with E-state index in [1.165, 1.54) is 5.56 Å².